The molecule has 0 saturated carbocycles. The summed E-state index contributed by atoms with van der Waals surface area (Å²) in [4.78, 5) is 4.41. The fourth-order valence-electron chi connectivity index (χ4n) is 1.91. The van der Waals surface area contributed by atoms with E-state index >= 15 is 0 Å². The van der Waals surface area contributed by atoms with Crippen LogP contribution in [0.15, 0.2) is 18.3 Å². The molecule has 1 nitrogen and oxygen atoms in total. The van der Waals surface area contributed by atoms with Crippen LogP contribution in [-0.2, 0) is 6.42 Å². The summed E-state index contributed by atoms with van der Waals surface area (Å²) in [5.41, 5.74) is 2.52. The molecule has 1 unspecified atom stereocenters. The molecule has 72 valence electrons. The Balaban J connectivity index is 2.31. The van der Waals surface area contributed by atoms with Gasteiger partial charge in [-0.1, -0.05) is 17.9 Å². The monoisotopic (exact) mass is 205 g/mol. The second-order valence-electron chi connectivity index (χ2n) is 3.45. The second kappa shape index (κ2) is 4.48. The van der Waals surface area contributed by atoms with Crippen LogP contribution in [0.1, 0.15) is 30.0 Å². The summed E-state index contributed by atoms with van der Waals surface area (Å²) < 4.78 is 0. The van der Waals surface area contributed by atoms with E-state index in [4.69, 9.17) is 11.6 Å². The number of hydrogen-bond donors (Lipinski definition) is 0. The number of halogens is 1. The first-order valence-corrected chi connectivity index (χ1v) is 5.43. The van der Waals surface area contributed by atoms with Crippen molar-refractivity contribution in [2.75, 3.05) is 5.88 Å². The highest BCUT2D eigenvalue weighted by molar-refractivity contribution is 6.19. The maximum absolute atomic E-state index is 5.55. The zero-order valence-corrected chi connectivity index (χ0v) is 8.72. The van der Waals surface area contributed by atoms with E-state index in [0.717, 1.165) is 18.5 Å². The van der Waals surface area contributed by atoms with Crippen LogP contribution in [0.4, 0.5) is 0 Å². The molecule has 0 N–H and O–H groups in total. The Morgan fingerprint density at radius 1 is 1.57 bits per heavy atom. The molecule has 2 rings (SSSR count). The second-order valence-corrected chi connectivity index (χ2v) is 3.71. The van der Waals surface area contributed by atoms with E-state index in [0.29, 0.717) is 11.8 Å². The molecule has 1 aliphatic rings. The minimum atomic E-state index is 0.304. The molecule has 0 spiro atoms. The van der Waals surface area contributed by atoms with Crippen molar-refractivity contribution in [3.8, 4) is 11.8 Å². The Morgan fingerprint density at radius 3 is 3.36 bits per heavy atom. The molecule has 0 bridgehead atoms. The highest BCUT2D eigenvalue weighted by Gasteiger charge is 2.18. The smallest absolute Gasteiger partial charge is 0.0835 e. The summed E-state index contributed by atoms with van der Waals surface area (Å²) >= 11 is 5.55. The fraction of sp³-hybridized carbons (Fsp3) is 0.417. The lowest BCUT2D eigenvalue weighted by Crippen LogP contribution is -2.10. The number of rotatable bonds is 0. The van der Waals surface area contributed by atoms with Crippen molar-refractivity contribution >= 4 is 11.6 Å². The van der Waals surface area contributed by atoms with E-state index in [9.17, 15) is 0 Å². The molecular weight excluding hydrogens is 194 g/mol. The minimum Gasteiger partial charge on any atom is -0.260 e. The number of nitrogens with zero attached hydrogens (tertiary/aromatic N) is 1. The molecule has 1 heterocycles. The highest BCUT2D eigenvalue weighted by atomic mass is 35.5. The van der Waals surface area contributed by atoms with Gasteiger partial charge < -0.3 is 0 Å². The summed E-state index contributed by atoms with van der Waals surface area (Å²) in [7, 11) is 0. The summed E-state index contributed by atoms with van der Waals surface area (Å²) in [6.07, 6.45) is 5.32. The Bertz CT molecular complexity index is 375. The third-order valence-electron chi connectivity index (χ3n) is 2.54. The summed E-state index contributed by atoms with van der Waals surface area (Å²) in [5, 5.41) is 0. The number of fused-ring (bicyclic) bond motifs is 1. The van der Waals surface area contributed by atoms with Gasteiger partial charge in [0.1, 0.15) is 0 Å². The molecular formula is C12H12ClN. The van der Waals surface area contributed by atoms with E-state index in [-0.39, 0.29) is 0 Å². The topological polar surface area (TPSA) is 12.9 Å². The largest absolute Gasteiger partial charge is 0.260 e. The Morgan fingerprint density at radius 2 is 2.50 bits per heavy atom. The molecule has 0 fully saturated rings. The van der Waals surface area contributed by atoms with Crippen LogP contribution >= 0.6 is 11.6 Å². The standard InChI is InChI=1S/C12H12ClN/c13-8-2-6-10-4-1-5-11-7-3-9-14-12(10)11/h3,7,9-10H,1,4-5,8H2. The van der Waals surface area contributed by atoms with Gasteiger partial charge in [-0.25, -0.2) is 0 Å². The number of aromatic nitrogens is 1. The van der Waals surface area contributed by atoms with Gasteiger partial charge in [0.15, 0.2) is 0 Å². The molecule has 0 amide bonds. The minimum absolute atomic E-state index is 0.304. The van der Waals surface area contributed by atoms with E-state index in [1.165, 1.54) is 12.0 Å². The molecule has 1 aromatic heterocycles. The van der Waals surface area contributed by atoms with Gasteiger partial charge in [-0.05, 0) is 30.9 Å². The van der Waals surface area contributed by atoms with Gasteiger partial charge in [-0.2, -0.15) is 0 Å². The molecule has 1 aliphatic carbocycles. The first-order valence-electron chi connectivity index (χ1n) is 4.90. The van der Waals surface area contributed by atoms with Crippen LogP contribution in [-0.4, -0.2) is 10.9 Å². The van der Waals surface area contributed by atoms with E-state index in [1.807, 2.05) is 12.3 Å². The Hall–Kier alpha value is -1.00. The van der Waals surface area contributed by atoms with Crippen molar-refractivity contribution < 1.29 is 0 Å². The van der Waals surface area contributed by atoms with Crippen LogP contribution in [0.5, 0.6) is 0 Å². The average molecular weight is 206 g/mol. The summed E-state index contributed by atoms with van der Waals surface area (Å²) in [6, 6.07) is 4.15. The maximum Gasteiger partial charge on any atom is 0.0835 e. The van der Waals surface area contributed by atoms with Crippen molar-refractivity contribution in [3.05, 3.63) is 29.6 Å². The number of alkyl halides is 1. The SMILES string of the molecule is ClCC#CC1CCCc2cccnc21. The van der Waals surface area contributed by atoms with Gasteiger partial charge >= 0.3 is 0 Å². The lowest BCUT2D eigenvalue weighted by Gasteiger charge is -2.19. The zero-order chi connectivity index (χ0) is 9.80. The van der Waals surface area contributed by atoms with E-state index in [2.05, 4.69) is 22.9 Å². The molecule has 1 atom stereocenters. The number of aryl methyl sites for hydroxylation is 1. The van der Waals surface area contributed by atoms with Crippen LogP contribution in [0.2, 0.25) is 0 Å². The first-order chi connectivity index (χ1) is 6.92. The number of hydrogen-bond acceptors (Lipinski definition) is 1. The third-order valence-corrected chi connectivity index (χ3v) is 2.67. The Kier molecular flexibility index (Phi) is 3.06. The molecule has 0 radical (unpaired) electrons. The lowest BCUT2D eigenvalue weighted by atomic mass is 9.87. The van der Waals surface area contributed by atoms with Gasteiger partial charge in [-0.15, -0.1) is 11.6 Å². The van der Waals surface area contributed by atoms with Gasteiger partial charge in [0, 0.05) is 6.20 Å². The molecule has 1 aromatic rings. The molecule has 14 heavy (non-hydrogen) atoms. The molecule has 0 aliphatic heterocycles. The Labute approximate surface area is 89.5 Å². The predicted molar refractivity (Wildman–Crippen MR) is 58.4 cm³/mol. The van der Waals surface area contributed by atoms with Crippen LogP contribution < -0.4 is 0 Å². The third kappa shape index (κ3) is 1.91. The van der Waals surface area contributed by atoms with E-state index in [1.54, 1.807) is 0 Å². The fourth-order valence-corrected chi connectivity index (χ4v) is 1.99. The van der Waals surface area contributed by atoms with Crippen molar-refractivity contribution in [2.45, 2.75) is 25.2 Å². The normalized spacial score (nSPS) is 19.4. The van der Waals surface area contributed by atoms with Crippen molar-refractivity contribution in [2.24, 2.45) is 0 Å². The highest BCUT2D eigenvalue weighted by Crippen LogP contribution is 2.28. The van der Waals surface area contributed by atoms with Gasteiger partial charge in [0.05, 0.1) is 17.5 Å². The summed E-state index contributed by atoms with van der Waals surface area (Å²) in [5.74, 6) is 6.84. The van der Waals surface area contributed by atoms with Gasteiger partial charge in [0.25, 0.3) is 0 Å². The quantitative estimate of drug-likeness (QED) is 0.469. The van der Waals surface area contributed by atoms with Crippen molar-refractivity contribution in [3.63, 3.8) is 0 Å². The molecule has 0 aromatic carbocycles. The molecule has 0 saturated heterocycles. The van der Waals surface area contributed by atoms with Crippen LogP contribution in [0, 0.1) is 11.8 Å². The molecule has 2 heteroatoms. The van der Waals surface area contributed by atoms with E-state index < -0.39 is 0 Å². The van der Waals surface area contributed by atoms with Gasteiger partial charge in [0.2, 0.25) is 0 Å². The van der Waals surface area contributed by atoms with Crippen LogP contribution in [0.3, 0.4) is 0 Å². The van der Waals surface area contributed by atoms with Gasteiger partial charge in [-0.3, -0.25) is 4.98 Å². The number of pyridine rings is 1. The van der Waals surface area contributed by atoms with Crippen LogP contribution in [0.25, 0.3) is 0 Å². The van der Waals surface area contributed by atoms with Crippen molar-refractivity contribution in [1.29, 1.82) is 0 Å². The summed E-state index contributed by atoms with van der Waals surface area (Å²) in [6.45, 7) is 0. The zero-order valence-electron chi connectivity index (χ0n) is 7.96. The lowest BCUT2D eigenvalue weighted by molar-refractivity contribution is 0.623. The maximum atomic E-state index is 5.55. The first kappa shape index (κ1) is 9.55. The average Bonchev–Trinajstić information content (AvgIpc) is 2.26. The predicted octanol–water partition coefficient (Wildman–Crippen LogP) is 2.74. The van der Waals surface area contributed by atoms with Crippen molar-refractivity contribution in [1.82, 2.24) is 4.98 Å².